The highest BCUT2D eigenvalue weighted by atomic mass is 16.5. The topological polar surface area (TPSA) is 199 Å². The molecule has 0 aliphatic heterocycles. The van der Waals surface area contributed by atoms with Gasteiger partial charge in [-0.25, -0.2) is 0 Å². The monoisotopic (exact) mass is 544 g/mol. The molecule has 4 atom stereocenters. The van der Waals surface area contributed by atoms with Crippen molar-refractivity contribution in [3.8, 4) is 0 Å². The Labute approximate surface area is 220 Å². The van der Waals surface area contributed by atoms with E-state index in [1.165, 1.54) is 0 Å². The third kappa shape index (κ3) is 17.7. The summed E-state index contributed by atoms with van der Waals surface area (Å²) in [6.45, 7) is 0.337. The molecule has 0 amide bonds. The summed E-state index contributed by atoms with van der Waals surface area (Å²) in [4.78, 5) is 0. The van der Waals surface area contributed by atoms with Crippen LogP contribution >= 0.6 is 0 Å². The molecule has 0 bridgehead atoms. The van der Waals surface area contributed by atoms with E-state index in [9.17, 15) is 40.9 Å². The summed E-state index contributed by atoms with van der Waals surface area (Å²) in [7, 11) is 0. The van der Waals surface area contributed by atoms with Crippen LogP contribution in [0.25, 0.3) is 0 Å². The Kier molecular flexibility index (Phi) is 24.2. The van der Waals surface area contributed by atoms with Gasteiger partial charge in [0.2, 0.25) is 0 Å². The third-order valence-corrected chi connectivity index (χ3v) is 6.23. The van der Waals surface area contributed by atoms with E-state index in [1.807, 2.05) is 0 Å². The summed E-state index contributed by atoms with van der Waals surface area (Å²) in [5, 5.41) is 74.9. The molecular weight excluding hydrogens is 492 g/mol. The lowest BCUT2D eigenvalue weighted by molar-refractivity contribution is -0.124. The van der Waals surface area contributed by atoms with E-state index in [0.717, 1.165) is 0 Å². The largest absolute Gasteiger partial charge is 0.396 e. The summed E-state index contributed by atoms with van der Waals surface area (Å²) in [6, 6.07) is 0. The molecule has 0 heterocycles. The van der Waals surface area contributed by atoms with Crippen LogP contribution < -0.4 is 0 Å². The van der Waals surface area contributed by atoms with Crippen molar-refractivity contribution in [1.29, 1.82) is 0 Å². The fourth-order valence-electron chi connectivity index (χ4n) is 3.66. The van der Waals surface area contributed by atoms with Crippen molar-refractivity contribution in [3.63, 3.8) is 0 Å². The van der Waals surface area contributed by atoms with Crippen LogP contribution in [0.5, 0.6) is 0 Å². The van der Waals surface area contributed by atoms with Crippen LogP contribution in [0.4, 0.5) is 0 Å². The van der Waals surface area contributed by atoms with Crippen LogP contribution in [-0.2, 0) is 18.9 Å². The highest BCUT2D eigenvalue weighted by molar-refractivity contribution is 4.81. The lowest BCUT2D eigenvalue weighted by Crippen LogP contribution is -2.43. The van der Waals surface area contributed by atoms with E-state index in [2.05, 4.69) is 0 Å². The number of aliphatic hydroxyl groups is 8. The van der Waals surface area contributed by atoms with Crippen LogP contribution in [-0.4, -0.2) is 147 Å². The summed E-state index contributed by atoms with van der Waals surface area (Å²) in [5.41, 5.74) is -0.836. The lowest BCUT2D eigenvalue weighted by Gasteiger charge is -2.34. The minimum atomic E-state index is -0.836. The predicted molar refractivity (Wildman–Crippen MR) is 135 cm³/mol. The second-order valence-corrected chi connectivity index (χ2v) is 9.80. The predicted octanol–water partition coefficient (Wildman–Crippen LogP) is -2.00. The molecular formula is C25H52O12. The maximum absolute atomic E-state index is 9.53. The maximum atomic E-state index is 9.53. The van der Waals surface area contributed by atoms with Crippen molar-refractivity contribution < 1.29 is 59.8 Å². The molecule has 0 radical (unpaired) electrons. The maximum Gasteiger partial charge on any atom is 0.0637 e. The molecule has 0 aromatic rings. The second-order valence-electron chi connectivity index (χ2n) is 9.80. The van der Waals surface area contributed by atoms with E-state index in [1.54, 1.807) is 0 Å². The molecule has 37 heavy (non-hydrogen) atoms. The molecule has 12 heteroatoms. The van der Waals surface area contributed by atoms with Gasteiger partial charge in [-0.05, 0) is 25.7 Å². The SMILES string of the molecule is OCCC(CO)COCC(COCC(CO)CCO)(COCC(CO)CCO)COCC(CO)CCO. The van der Waals surface area contributed by atoms with Crippen molar-refractivity contribution in [2.45, 2.75) is 25.7 Å². The molecule has 0 aromatic carbocycles. The number of ether oxygens (including phenoxy) is 4. The van der Waals surface area contributed by atoms with Gasteiger partial charge >= 0.3 is 0 Å². The van der Waals surface area contributed by atoms with Gasteiger partial charge in [0.05, 0.1) is 58.3 Å². The first-order chi connectivity index (χ1) is 18.0. The molecule has 0 saturated carbocycles. The van der Waals surface area contributed by atoms with Crippen molar-refractivity contribution >= 4 is 0 Å². The van der Waals surface area contributed by atoms with E-state index < -0.39 is 5.41 Å². The van der Waals surface area contributed by atoms with Crippen molar-refractivity contribution in [1.82, 2.24) is 0 Å². The van der Waals surface area contributed by atoms with Gasteiger partial charge in [0.15, 0.2) is 0 Å². The van der Waals surface area contributed by atoms with Gasteiger partial charge in [0.1, 0.15) is 0 Å². The Morgan fingerprint density at radius 3 is 0.757 bits per heavy atom. The Balaban J connectivity index is 5.50. The van der Waals surface area contributed by atoms with Crippen molar-refractivity contribution in [2.75, 3.05) is 106 Å². The summed E-state index contributed by atoms with van der Waals surface area (Å²) in [6.07, 6.45) is 1.52. The summed E-state index contributed by atoms with van der Waals surface area (Å²) in [5.74, 6) is -0.998. The molecule has 0 fully saturated rings. The van der Waals surface area contributed by atoms with Gasteiger partial charge in [-0.1, -0.05) is 0 Å². The number of rotatable bonds is 28. The molecule has 12 nitrogen and oxygen atoms in total. The first-order valence-electron chi connectivity index (χ1n) is 13.2. The Morgan fingerprint density at radius 2 is 0.595 bits per heavy atom. The van der Waals surface area contributed by atoms with Crippen molar-refractivity contribution in [2.24, 2.45) is 29.1 Å². The van der Waals surface area contributed by atoms with Gasteiger partial charge < -0.3 is 59.8 Å². The first-order valence-corrected chi connectivity index (χ1v) is 13.2. The van der Waals surface area contributed by atoms with Crippen LogP contribution in [0.1, 0.15) is 25.7 Å². The van der Waals surface area contributed by atoms with Gasteiger partial charge in [-0.3, -0.25) is 0 Å². The van der Waals surface area contributed by atoms with Crippen LogP contribution in [0.2, 0.25) is 0 Å². The number of hydrogen-bond donors (Lipinski definition) is 8. The Hall–Kier alpha value is -0.480. The Bertz CT molecular complexity index is 399. The van der Waals surface area contributed by atoms with E-state index in [-0.39, 0.29) is 129 Å². The minimum absolute atomic E-state index is 0.0801. The smallest absolute Gasteiger partial charge is 0.0637 e. The second kappa shape index (κ2) is 24.6. The normalized spacial score (nSPS) is 16.9. The molecule has 4 unspecified atom stereocenters. The molecule has 0 rings (SSSR count). The van der Waals surface area contributed by atoms with Crippen LogP contribution in [0.15, 0.2) is 0 Å². The highest BCUT2D eigenvalue weighted by Crippen LogP contribution is 2.23. The van der Waals surface area contributed by atoms with Gasteiger partial charge in [0, 0.05) is 76.5 Å². The average Bonchev–Trinajstić information content (AvgIpc) is 2.90. The van der Waals surface area contributed by atoms with Gasteiger partial charge in [-0.15, -0.1) is 0 Å². The Morgan fingerprint density at radius 1 is 0.378 bits per heavy atom. The third-order valence-electron chi connectivity index (χ3n) is 6.23. The number of aliphatic hydroxyl groups excluding tert-OH is 8. The first kappa shape index (κ1) is 36.5. The average molecular weight is 545 g/mol. The lowest BCUT2D eigenvalue weighted by atomic mass is 9.91. The number of hydrogen-bond acceptors (Lipinski definition) is 12. The van der Waals surface area contributed by atoms with E-state index >= 15 is 0 Å². The fraction of sp³-hybridized carbons (Fsp3) is 1.00. The highest BCUT2D eigenvalue weighted by Gasteiger charge is 2.34. The van der Waals surface area contributed by atoms with Gasteiger partial charge in [0.25, 0.3) is 0 Å². The molecule has 0 aliphatic rings. The summed E-state index contributed by atoms with van der Waals surface area (Å²) < 4.78 is 23.7. The molecule has 8 N–H and O–H groups in total. The van der Waals surface area contributed by atoms with Gasteiger partial charge in [-0.2, -0.15) is 0 Å². The standard InChI is InChI=1S/C25H52O12/c26-5-1-21(9-30)13-34-17-25(18-35-14-22(10-31)2-6-27,19-36-15-23(11-32)3-7-28)20-37-16-24(12-33)4-8-29/h21-24,26-33H,1-20H2. The van der Waals surface area contributed by atoms with Crippen LogP contribution in [0, 0.1) is 29.1 Å². The van der Waals surface area contributed by atoms with E-state index in [0.29, 0.717) is 25.7 Å². The van der Waals surface area contributed by atoms with Crippen molar-refractivity contribution in [3.05, 3.63) is 0 Å². The molecule has 0 spiro atoms. The zero-order valence-electron chi connectivity index (χ0n) is 22.2. The summed E-state index contributed by atoms with van der Waals surface area (Å²) >= 11 is 0. The minimum Gasteiger partial charge on any atom is -0.396 e. The fourth-order valence-corrected chi connectivity index (χ4v) is 3.66. The molecule has 224 valence electrons. The molecule has 0 saturated heterocycles. The zero-order chi connectivity index (χ0) is 27.8. The zero-order valence-corrected chi connectivity index (χ0v) is 22.2. The van der Waals surface area contributed by atoms with Crippen LogP contribution in [0.3, 0.4) is 0 Å². The molecule has 0 aromatic heterocycles. The quantitative estimate of drug-likeness (QED) is 0.0540. The van der Waals surface area contributed by atoms with E-state index in [4.69, 9.17) is 18.9 Å². The molecule has 0 aliphatic carbocycles.